The number of aromatic carboxylic acids is 1. The monoisotopic (exact) mass is 291 g/mol. The van der Waals surface area contributed by atoms with E-state index in [1.54, 1.807) is 0 Å². The van der Waals surface area contributed by atoms with E-state index in [0.29, 0.717) is 6.54 Å². The summed E-state index contributed by atoms with van der Waals surface area (Å²) in [4.78, 5) is 10.8. The van der Waals surface area contributed by atoms with Crippen LogP contribution in [0.15, 0.2) is 16.3 Å². The maximum Gasteiger partial charge on any atom is 0.345 e. The Hall–Kier alpha value is -0.920. The van der Waals surface area contributed by atoms with E-state index in [0.717, 1.165) is 30.6 Å². The van der Waals surface area contributed by atoms with E-state index in [-0.39, 0.29) is 9.09 Å². The number of carbonyl (C=O) groups is 1. The molecule has 5 nitrogen and oxygen atoms in total. The van der Waals surface area contributed by atoms with Crippen LogP contribution in [0, 0.1) is 0 Å². The number of hydrogen-bond acceptors (Lipinski definition) is 4. The molecule has 0 unspecified atom stereocenters. The molecule has 0 fully saturated rings. The van der Waals surface area contributed by atoms with Crippen molar-refractivity contribution in [2.45, 2.75) is 30.4 Å². The molecule has 1 aromatic rings. The van der Waals surface area contributed by atoms with Gasteiger partial charge in [-0.1, -0.05) is 19.8 Å². The molecule has 0 atom stereocenters. The normalized spacial score (nSPS) is 11.9. The number of nitrogens with zero attached hydrogens (tertiary/aromatic N) is 1. The fourth-order valence-corrected chi connectivity index (χ4v) is 4.00. The Morgan fingerprint density at radius 2 is 2.06 bits per heavy atom. The molecule has 0 amide bonds. The molecule has 0 aliphatic heterocycles. The van der Waals surface area contributed by atoms with Gasteiger partial charge in [-0.2, -0.15) is 0 Å². The molecule has 1 aromatic heterocycles. The second-order valence-electron chi connectivity index (χ2n) is 3.96. The van der Waals surface area contributed by atoms with Gasteiger partial charge in [0.05, 0.1) is 0 Å². The minimum absolute atomic E-state index is 0.0375. The number of carboxylic acids is 1. The number of rotatable bonds is 7. The molecule has 1 rings (SSSR count). The molecule has 0 saturated carbocycles. The number of carboxylic acid groups (broad SMARTS) is 1. The zero-order chi connectivity index (χ0) is 13.8. The van der Waals surface area contributed by atoms with Crippen molar-refractivity contribution in [2.75, 3.05) is 13.6 Å². The summed E-state index contributed by atoms with van der Waals surface area (Å²) in [7, 11) is -2.02. The summed E-state index contributed by atoms with van der Waals surface area (Å²) in [6, 6.07) is 2.67. The zero-order valence-corrected chi connectivity index (χ0v) is 12.1. The number of sulfonamides is 1. The average molecular weight is 291 g/mol. The van der Waals surface area contributed by atoms with Gasteiger partial charge >= 0.3 is 5.97 Å². The predicted molar refractivity (Wildman–Crippen MR) is 70.6 cm³/mol. The summed E-state index contributed by atoms with van der Waals surface area (Å²) < 4.78 is 25.6. The lowest BCUT2D eigenvalue weighted by Crippen LogP contribution is -2.27. The number of unbranched alkanes of at least 4 members (excludes halogenated alkanes) is 2. The molecule has 0 aliphatic carbocycles. The Balaban J connectivity index is 2.81. The third-order valence-electron chi connectivity index (χ3n) is 2.53. The fourth-order valence-electron chi connectivity index (χ4n) is 1.43. The Bertz CT molecular complexity index is 507. The van der Waals surface area contributed by atoms with Crippen LogP contribution >= 0.6 is 11.3 Å². The van der Waals surface area contributed by atoms with Gasteiger partial charge in [-0.05, 0) is 18.6 Å². The SMILES string of the molecule is CCCCCN(C)S(=O)(=O)c1ccc(C(=O)O)s1. The van der Waals surface area contributed by atoms with E-state index in [4.69, 9.17) is 5.11 Å². The molecule has 18 heavy (non-hydrogen) atoms. The van der Waals surface area contributed by atoms with Gasteiger partial charge in [0, 0.05) is 13.6 Å². The minimum atomic E-state index is -3.54. The topological polar surface area (TPSA) is 74.7 Å². The van der Waals surface area contributed by atoms with Gasteiger partial charge < -0.3 is 5.11 Å². The number of thiophene rings is 1. The molecule has 0 bridgehead atoms. The predicted octanol–water partition coefficient (Wildman–Crippen LogP) is 2.26. The maximum atomic E-state index is 12.1. The van der Waals surface area contributed by atoms with Crippen molar-refractivity contribution in [2.24, 2.45) is 0 Å². The Labute approximate surface area is 111 Å². The summed E-state index contributed by atoms with van der Waals surface area (Å²) in [5.74, 6) is -1.10. The molecule has 7 heteroatoms. The van der Waals surface area contributed by atoms with Crippen LogP contribution in [0.3, 0.4) is 0 Å². The highest BCUT2D eigenvalue weighted by atomic mass is 32.2. The summed E-state index contributed by atoms with van der Waals surface area (Å²) in [6.07, 6.45) is 2.81. The molecular formula is C11H17NO4S2. The number of hydrogen-bond donors (Lipinski definition) is 1. The first-order valence-corrected chi connectivity index (χ1v) is 7.94. The van der Waals surface area contributed by atoms with Crippen LogP contribution in [0.5, 0.6) is 0 Å². The van der Waals surface area contributed by atoms with Crippen LogP contribution in [0.2, 0.25) is 0 Å². The van der Waals surface area contributed by atoms with Gasteiger partial charge in [0.2, 0.25) is 0 Å². The fraction of sp³-hybridized carbons (Fsp3) is 0.545. The summed E-state index contributed by atoms with van der Waals surface area (Å²) in [6.45, 7) is 2.50. The van der Waals surface area contributed by atoms with E-state index < -0.39 is 16.0 Å². The summed E-state index contributed by atoms with van der Waals surface area (Å²) in [5.41, 5.74) is 0. The molecule has 102 valence electrons. The smallest absolute Gasteiger partial charge is 0.345 e. The first-order chi connectivity index (χ1) is 8.39. The Kier molecular flexibility index (Phi) is 5.30. The van der Waals surface area contributed by atoms with E-state index >= 15 is 0 Å². The van der Waals surface area contributed by atoms with Crippen LogP contribution in [-0.2, 0) is 10.0 Å². The van der Waals surface area contributed by atoms with Gasteiger partial charge in [-0.25, -0.2) is 17.5 Å². The van der Waals surface area contributed by atoms with Gasteiger partial charge in [0.15, 0.2) is 0 Å². The van der Waals surface area contributed by atoms with Crippen LogP contribution in [-0.4, -0.2) is 37.4 Å². The maximum absolute atomic E-state index is 12.1. The zero-order valence-electron chi connectivity index (χ0n) is 10.4. The van der Waals surface area contributed by atoms with E-state index in [2.05, 4.69) is 0 Å². The molecule has 0 aliphatic rings. The van der Waals surface area contributed by atoms with Crippen LogP contribution in [0.4, 0.5) is 0 Å². The largest absolute Gasteiger partial charge is 0.477 e. The van der Waals surface area contributed by atoms with E-state index in [1.807, 2.05) is 6.92 Å². The van der Waals surface area contributed by atoms with Crippen molar-refractivity contribution >= 4 is 27.3 Å². The molecule has 0 saturated heterocycles. The van der Waals surface area contributed by atoms with Crippen molar-refractivity contribution in [3.63, 3.8) is 0 Å². The highest BCUT2D eigenvalue weighted by Gasteiger charge is 2.23. The molecule has 1 N–H and O–H groups in total. The van der Waals surface area contributed by atoms with E-state index in [1.165, 1.54) is 23.5 Å². The lowest BCUT2D eigenvalue weighted by atomic mass is 10.2. The highest BCUT2D eigenvalue weighted by Crippen LogP contribution is 2.24. The third kappa shape index (κ3) is 3.54. The first kappa shape index (κ1) is 15.1. The Morgan fingerprint density at radius 1 is 1.39 bits per heavy atom. The van der Waals surface area contributed by atoms with Crippen molar-refractivity contribution in [1.82, 2.24) is 4.31 Å². The van der Waals surface area contributed by atoms with Crippen LogP contribution in [0.25, 0.3) is 0 Å². The first-order valence-electron chi connectivity index (χ1n) is 5.69. The summed E-state index contributed by atoms with van der Waals surface area (Å²) >= 11 is 0.786. The second-order valence-corrected chi connectivity index (χ2v) is 7.31. The second kappa shape index (κ2) is 6.31. The minimum Gasteiger partial charge on any atom is -0.477 e. The molecule has 0 spiro atoms. The van der Waals surface area contributed by atoms with Gasteiger partial charge in [-0.3, -0.25) is 0 Å². The molecule has 1 heterocycles. The van der Waals surface area contributed by atoms with Crippen LogP contribution < -0.4 is 0 Å². The lowest BCUT2D eigenvalue weighted by Gasteiger charge is -2.15. The van der Waals surface area contributed by atoms with Gasteiger partial charge in [0.1, 0.15) is 9.09 Å². The van der Waals surface area contributed by atoms with Crippen molar-refractivity contribution in [3.8, 4) is 0 Å². The van der Waals surface area contributed by atoms with Gasteiger partial charge in [-0.15, -0.1) is 11.3 Å². The van der Waals surface area contributed by atoms with E-state index in [9.17, 15) is 13.2 Å². The molecule has 0 radical (unpaired) electrons. The van der Waals surface area contributed by atoms with Gasteiger partial charge in [0.25, 0.3) is 10.0 Å². The highest BCUT2D eigenvalue weighted by molar-refractivity contribution is 7.91. The molecule has 0 aromatic carbocycles. The lowest BCUT2D eigenvalue weighted by molar-refractivity contribution is 0.0702. The standard InChI is InChI=1S/C11H17NO4S2/c1-3-4-5-8-12(2)18(15,16)10-7-6-9(17-10)11(13)14/h6-7H,3-5,8H2,1-2H3,(H,13,14). The van der Waals surface area contributed by atoms with Crippen molar-refractivity contribution in [3.05, 3.63) is 17.0 Å². The van der Waals surface area contributed by atoms with Crippen LogP contribution in [0.1, 0.15) is 35.9 Å². The third-order valence-corrected chi connectivity index (χ3v) is 5.93. The average Bonchev–Trinajstić information content (AvgIpc) is 2.79. The Morgan fingerprint density at radius 3 is 2.56 bits per heavy atom. The molecular weight excluding hydrogens is 274 g/mol. The summed E-state index contributed by atoms with van der Waals surface area (Å²) in [5, 5.41) is 8.78. The van der Waals surface area contributed by atoms with Crippen molar-refractivity contribution < 1.29 is 18.3 Å². The van der Waals surface area contributed by atoms with Crippen molar-refractivity contribution in [1.29, 1.82) is 0 Å². The quantitative estimate of drug-likeness (QED) is 0.782.